The van der Waals surface area contributed by atoms with Gasteiger partial charge in [-0.25, -0.2) is 4.98 Å². The normalized spacial score (nSPS) is 13.1. The van der Waals surface area contributed by atoms with E-state index in [0.717, 1.165) is 20.6 Å². The number of fused-ring (bicyclic) bond motifs is 2. The molecule has 2 heterocycles. The first-order valence-electron chi connectivity index (χ1n) is 6.96. The summed E-state index contributed by atoms with van der Waals surface area (Å²) < 4.78 is 11.6. The Morgan fingerprint density at radius 1 is 1.09 bits per heavy atom. The molecule has 5 nitrogen and oxygen atoms in total. The van der Waals surface area contributed by atoms with Gasteiger partial charge in [-0.05, 0) is 64.6 Å². The molecule has 23 heavy (non-hydrogen) atoms. The maximum atomic E-state index is 12.1. The highest BCUT2D eigenvalue weighted by Gasteiger charge is 2.12. The predicted octanol–water partition coefficient (Wildman–Crippen LogP) is 3.43. The number of H-pyrrole nitrogens is 1. The third-order valence-corrected chi connectivity index (χ3v) is 4.19. The van der Waals surface area contributed by atoms with Crippen LogP contribution in [-0.4, -0.2) is 16.8 Å². The van der Waals surface area contributed by atoms with Crippen LogP contribution in [0.2, 0.25) is 0 Å². The zero-order valence-corrected chi connectivity index (χ0v) is 14.0. The Labute approximate surface area is 145 Å². The minimum absolute atomic E-state index is 0.140. The number of nitrogens with zero attached hydrogens (tertiary/aromatic N) is 1. The number of ether oxygens (including phenoxy) is 2. The Morgan fingerprint density at radius 2 is 1.96 bits per heavy atom. The quantitative estimate of drug-likeness (QED) is 0.648. The van der Waals surface area contributed by atoms with Gasteiger partial charge in [-0.3, -0.25) is 4.79 Å². The number of rotatable bonds is 2. The Hall–Kier alpha value is -2.35. The molecule has 0 fully saturated rings. The van der Waals surface area contributed by atoms with Gasteiger partial charge in [0.1, 0.15) is 5.82 Å². The second-order valence-electron chi connectivity index (χ2n) is 5.06. The lowest BCUT2D eigenvalue weighted by Crippen LogP contribution is -2.09. The topological polar surface area (TPSA) is 64.2 Å². The van der Waals surface area contributed by atoms with Crippen LogP contribution in [0, 0.1) is 3.57 Å². The van der Waals surface area contributed by atoms with Crippen LogP contribution < -0.4 is 15.0 Å². The van der Waals surface area contributed by atoms with Gasteiger partial charge >= 0.3 is 0 Å². The summed E-state index contributed by atoms with van der Waals surface area (Å²) in [5, 5.41) is 0.595. The minimum atomic E-state index is -0.140. The van der Waals surface area contributed by atoms with Crippen LogP contribution in [0.3, 0.4) is 0 Å². The van der Waals surface area contributed by atoms with Gasteiger partial charge in [0.05, 0.1) is 10.9 Å². The molecule has 0 radical (unpaired) electrons. The number of benzene rings is 2. The maximum absolute atomic E-state index is 12.1. The molecule has 0 unspecified atom stereocenters. The Morgan fingerprint density at radius 3 is 2.87 bits per heavy atom. The van der Waals surface area contributed by atoms with Gasteiger partial charge in [0.2, 0.25) is 6.79 Å². The Bertz CT molecular complexity index is 995. The molecule has 0 saturated heterocycles. The largest absolute Gasteiger partial charge is 0.454 e. The molecule has 114 valence electrons. The zero-order chi connectivity index (χ0) is 15.8. The first-order chi connectivity index (χ1) is 11.2. The van der Waals surface area contributed by atoms with E-state index in [9.17, 15) is 4.79 Å². The lowest BCUT2D eigenvalue weighted by Gasteiger charge is -2.00. The third-order valence-electron chi connectivity index (χ3n) is 3.52. The first kappa shape index (κ1) is 14.3. The molecular weight excluding hydrogens is 407 g/mol. The van der Waals surface area contributed by atoms with E-state index >= 15 is 0 Å². The molecule has 1 aromatic heterocycles. The van der Waals surface area contributed by atoms with E-state index in [4.69, 9.17) is 9.47 Å². The molecule has 1 aliphatic rings. The van der Waals surface area contributed by atoms with Gasteiger partial charge < -0.3 is 14.5 Å². The van der Waals surface area contributed by atoms with Crippen molar-refractivity contribution >= 4 is 45.6 Å². The van der Waals surface area contributed by atoms with Crippen LogP contribution in [0.4, 0.5) is 0 Å². The summed E-state index contributed by atoms with van der Waals surface area (Å²) in [6.45, 7) is 0.251. The van der Waals surface area contributed by atoms with E-state index in [2.05, 4.69) is 32.6 Å². The summed E-state index contributed by atoms with van der Waals surface area (Å²) in [6, 6.07) is 11.3. The number of aromatic amines is 1. The van der Waals surface area contributed by atoms with E-state index < -0.39 is 0 Å². The van der Waals surface area contributed by atoms with Crippen LogP contribution in [0.15, 0.2) is 41.2 Å². The molecule has 1 N–H and O–H groups in total. The summed E-state index contributed by atoms with van der Waals surface area (Å²) in [6.07, 6.45) is 3.65. The highest BCUT2D eigenvalue weighted by atomic mass is 127. The average molecular weight is 418 g/mol. The van der Waals surface area contributed by atoms with Crippen molar-refractivity contribution in [2.45, 2.75) is 0 Å². The van der Waals surface area contributed by atoms with Crippen molar-refractivity contribution in [1.29, 1.82) is 0 Å². The Balaban J connectivity index is 1.70. The van der Waals surface area contributed by atoms with Gasteiger partial charge in [-0.2, -0.15) is 0 Å². The molecule has 0 atom stereocenters. The van der Waals surface area contributed by atoms with E-state index in [-0.39, 0.29) is 12.4 Å². The molecule has 3 aromatic rings. The van der Waals surface area contributed by atoms with E-state index in [1.54, 1.807) is 6.08 Å². The lowest BCUT2D eigenvalue weighted by atomic mass is 10.2. The SMILES string of the molecule is O=c1[nH]c(C=Cc2ccc3c(c2)OCO3)nc2ccc(I)cc12. The fourth-order valence-electron chi connectivity index (χ4n) is 2.40. The van der Waals surface area contributed by atoms with E-state index in [1.165, 1.54) is 0 Å². The highest BCUT2D eigenvalue weighted by Crippen LogP contribution is 2.32. The maximum Gasteiger partial charge on any atom is 0.259 e. The van der Waals surface area contributed by atoms with Gasteiger partial charge in [0.15, 0.2) is 11.5 Å². The van der Waals surface area contributed by atoms with Crippen molar-refractivity contribution in [2.24, 2.45) is 0 Å². The van der Waals surface area contributed by atoms with Crippen molar-refractivity contribution in [3.8, 4) is 11.5 Å². The molecule has 0 saturated carbocycles. The molecule has 4 rings (SSSR count). The summed E-state index contributed by atoms with van der Waals surface area (Å²) in [4.78, 5) is 19.4. The summed E-state index contributed by atoms with van der Waals surface area (Å²) in [7, 11) is 0. The van der Waals surface area contributed by atoms with E-state index in [1.807, 2.05) is 42.5 Å². The minimum Gasteiger partial charge on any atom is -0.454 e. The van der Waals surface area contributed by atoms with Gasteiger partial charge in [-0.1, -0.05) is 12.1 Å². The first-order valence-corrected chi connectivity index (χ1v) is 8.04. The molecule has 1 aliphatic heterocycles. The number of nitrogens with one attached hydrogen (secondary N) is 1. The van der Waals surface area contributed by atoms with Crippen molar-refractivity contribution in [3.63, 3.8) is 0 Å². The smallest absolute Gasteiger partial charge is 0.259 e. The summed E-state index contributed by atoms with van der Waals surface area (Å²) in [5.74, 6) is 1.98. The number of halogens is 1. The number of hydrogen-bond acceptors (Lipinski definition) is 4. The van der Waals surface area contributed by atoms with Crippen molar-refractivity contribution in [3.05, 3.63) is 61.7 Å². The fraction of sp³-hybridized carbons (Fsp3) is 0.0588. The molecule has 0 spiro atoms. The van der Waals surface area contributed by atoms with Gasteiger partial charge in [0, 0.05) is 3.57 Å². The van der Waals surface area contributed by atoms with Crippen LogP contribution in [0.5, 0.6) is 11.5 Å². The van der Waals surface area contributed by atoms with Gasteiger partial charge in [0.25, 0.3) is 5.56 Å². The number of hydrogen-bond donors (Lipinski definition) is 1. The second kappa shape index (κ2) is 5.69. The zero-order valence-electron chi connectivity index (χ0n) is 11.9. The molecule has 0 aliphatic carbocycles. The second-order valence-corrected chi connectivity index (χ2v) is 6.30. The average Bonchev–Trinajstić information content (AvgIpc) is 3.01. The standard InChI is InChI=1S/C17H11IN2O3/c18-11-3-4-13-12(8-11)17(21)20-16(19-13)6-2-10-1-5-14-15(7-10)23-9-22-14/h1-8H,9H2,(H,19,20,21). The molecular formula is C17H11IN2O3. The van der Waals surface area contributed by atoms with Crippen LogP contribution >= 0.6 is 22.6 Å². The third kappa shape index (κ3) is 2.81. The van der Waals surface area contributed by atoms with Crippen molar-refractivity contribution in [1.82, 2.24) is 9.97 Å². The van der Waals surface area contributed by atoms with E-state index in [0.29, 0.717) is 16.7 Å². The van der Waals surface area contributed by atoms with Crippen LogP contribution in [0.25, 0.3) is 23.1 Å². The number of aromatic nitrogens is 2. The molecule has 6 heteroatoms. The summed E-state index contributed by atoms with van der Waals surface area (Å²) in [5.41, 5.74) is 1.48. The molecule has 2 aromatic carbocycles. The van der Waals surface area contributed by atoms with Gasteiger partial charge in [-0.15, -0.1) is 0 Å². The van der Waals surface area contributed by atoms with Crippen LogP contribution in [0.1, 0.15) is 11.4 Å². The highest BCUT2D eigenvalue weighted by molar-refractivity contribution is 14.1. The monoisotopic (exact) mass is 418 g/mol. The summed E-state index contributed by atoms with van der Waals surface area (Å²) >= 11 is 2.18. The molecule has 0 amide bonds. The Kier molecular flexibility index (Phi) is 3.53. The predicted molar refractivity (Wildman–Crippen MR) is 96.6 cm³/mol. The van der Waals surface area contributed by atoms with Crippen molar-refractivity contribution in [2.75, 3.05) is 6.79 Å². The fourth-order valence-corrected chi connectivity index (χ4v) is 2.89. The molecule has 0 bridgehead atoms. The van der Waals surface area contributed by atoms with Crippen LogP contribution in [-0.2, 0) is 0 Å². The lowest BCUT2D eigenvalue weighted by molar-refractivity contribution is 0.174. The van der Waals surface area contributed by atoms with Crippen molar-refractivity contribution < 1.29 is 9.47 Å².